The van der Waals surface area contributed by atoms with Gasteiger partial charge >= 0.3 is 0 Å². The van der Waals surface area contributed by atoms with Gasteiger partial charge in [-0.3, -0.25) is 4.55 Å². The predicted molar refractivity (Wildman–Crippen MR) is 81.9 cm³/mol. The third-order valence-corrected chi connectivity index (χ3v) is 11.9. The Labute approximate surface area is 117 Å². The van der Waals surface area contributed by atoms with E-state index in [0.29, 0.717) is 5.54 Å². The molecule has 0 fully saturated rings. The lowest BCUT2D eigenvalue weighted by Crippen LogP contribution is -2.42. The van der Waals surface area contributed by atoms with Crippen LogP contribution in [0.4, 0.5) is 0 Å². The first-order chi connectivity index (χ1) is 8.37. The van der Waals surface area contributed by atoms with Gasteiger partial charge in [-0.25, -0.2) is 0 Å². The Morgan fingerprint density at radius 1 is 1.11 bits per heavy atom. The van der Waals surface area contributed by atoms with Gasteiger partial charge in [0.15, 0.2) is 0 Å². The van der Waals surface area contributed by atoms with Crippen LogP contribution in [0.3, 0.4) is 0 Å². The van der Waals surface area contributed by atoms with Crippen molar-refractivity contribution in [3.05, 3.63) is 29.8 Å². The molecule has 19 heavy (non-hydrogen) atoms. The molecule has 0 bridgehead atoms. The molecule has 0 aliphatic rings. The fraction of sp³-hybridized carbons (Fsp3) is 0.571. The van der Waals surface area contributed by atoms with Crippen molar-refractivity contribution >= 4 is 18.2 Å². The van der Waals surface area contributed by atoms with Gasteiger partial charge in [0.05, 0.1) is 13.0 Å². The monoisotopic (exact) mass is 300 g/mol. The molecule has 0 spiro atoms. The molecule has 0 heterocycles. The zero-order valence-electron chi connectivity index (χ0n) is 12.6. The van der Waals surface area contributed by atoms with Crippen LogP contribution < -0.4 is 0 Å². The highest BCUT2D eigenvalue weighted by Gasteiger charge is 2.40. The molecule has 108 valence electrons. The van der Waals surface area contributed by atoms with Crippen molar-refractivity contribution in [1.29, 1.82) is 0 Å². The van der Waals surface area contributed by atoms with Crippen LogP contribution in [0, 0.1) is 0 Å². The molecule has 0 radical (unpaired) electrons. The van der Waals surface area contributed by atoms with Crippen LogP contribution in [0.1, 0.15) is 38.8 Å². The highest BCUT2D eigenvalue weighted by Crippen LogP contribution is 2.44. The average molecular weight is 300 g/mol. The Balaban J connectivity index is 3.12. The predicted octanol–water partition coefficient (Wildman–Crippen LogP) is 4.08. The molecular weight excluding hydrogens is 276 g/mol. The Morgan fingerprint density at radius 2 is 1.53 bits per heavy atom. The largest absolute Gasteiger partial charge is 0.294 e. The Bertz CT molecular complexity index is 539. The molecule has 1 atom stereocenters. The van der Waals surface area contributed by atoms with Crippen LogP contribution in [-0.2, 0) is 10.1 Å². The second-order valence-corrected chi connectivity index (χ2v) is 14.0. The van der Waals surface area contributed by atoms with Crippen LogP contribution in [0.5, 0.6) is 0 Å². The zero-order chi connectivity index (χ0) is 15.1. The lowest BCUT2D eigenvalue weighted by Gasteiger charge is -2.42. The van der Waals surface area contributed by atoms with Gasteiger partial charge in [-0.2, -0.15) is 8.42 Å². The topological polar surface area (TPSA) is 54.4 Å². The van der Waals surface area contributed by atoms with Gasteiger partial charge in [0.1, 0.15) is 0 Å². The fourth-order valence-electron chi connectivity index (χ4n) is 1.99. The first-order valence-electron chi connectivity index (χ1n) is 6.45. The smallest absolute Gasteiger partial charge is 0.282 e. The van der Waals surface area contributed by atoms with E-state index in [1.807, 2.05) is 12.1 Å². The van der Waals surface area contributed by atoms with Crippen LogP contribution in [-0.4, -0.2) is 21.0 Å². The van der Waals surface area contributed by atoms with Crippen molar-refractivity contribution in [2.24, 2.45) is 0 Å². The van der Waals surface area contributed by atoms with Gasteiger partial charge in [-0.05, 0) is 28.3 Å². The van der Waals surface area contributed by atoms with Crippen molar-refractivity contribution < 1.29 is 13.0 Å². The first-order valence-corrected chi connectivity index (χ1v) is 11.0. The minimum atomic E-state index is -4.10. The number of benzene rings is 1. The number of hydrogen-bond acceptors (Lipinski definition) is 2. The summed E-state index contributed by atoms with van der Waals surface area (Å²) in [5, 5.41) is 0.272. The Hall–Kier alpha value is -0.653. The van der Waals surface area contributed by atoms with E-state index in [0.717, 1.165) is 5.56 Å². The summed E-state index contributed by atoms with van der Waals surface area (Å²) in [6.45, 7) is 13.7. The summed E-state index contributed by atoms with van der Waals surface area (Å²) in [6, 6.07) is 6.59. The van der Waals surface area contributed by atoms with E-state index >= 15 is 0 Å². The van der Waals surface area contributed by atoms with Crippen LogP contribution in [0.2, 0.25) is 18.1 Å². The third kappa shape index (κ3) is 3.46. The molecular formula is C14H24O3SSi. The Morgan fingerprint density at radius 3 is 1.84 bits per heavy atom. The summed E-state index contributed by atoms with van der Waals surface area (Å²) < 4.78 is 31.1. The summed E-state index contributed by atoms with van der Waals surface area (Å²) in [7, 11) is -5.62. The van der Waals surface area contributed by atoms with Gasteiger partial charge < -0.3 is 0 Å². The van der Waals surface area contributed by atoms with E-state index < -0.39 is 18.2 Å². The van der Waals surface area contributed by atoms with Crippen LogP contribution >= 0.6 is 0 Å². The van der Waals surface area contributed by atoms with Crippen molar-refractivity contribution in [2.45, 2.75) is 56.3 Å². The minimum Gasteiger partial charge on any atom is -0.282 e. The quantitative estimate of drug-likeness (QED) is 0.676. The fourth-order valence-corrected chi connectivity index (χ4v) is 4.80. The molecule has 1 rings (SSSR count). The van der Waals surface area contributed by atoms with E-state index in [1.165, 1.54) is 12.1 Å². The average Bonchev–Trinajstić information content (AvgIpc) is 2.25. The summed E-state index contributed by atoms with van der Waals surface area (Å²) in [4.78, 5) is -0.0429. The van der Waals surface area contributed by atoms with Gasteiger partial charge in [0.2, 0.25) is 0 Å². The molecule has 0 aliphatic heterocycles. The summed E-state index contributed by atoms with van der Waals surface area (Å²) in [5.74, 6) is 0. The molecule has 0 amide bonds. The molecule has 5 heteroatoms. The molecule has 1 N–H and O–H groups in total. The van der Waals surface area contributed by atoms with Crippen LogP contribution in [0.15, 0.2) is 29.2 Å². The number of hydrogen-bond donors (Lipinski definition) is 1. The zero-order valence-corrected chi connectivity index (χ0v) is 14.4. The highest BCUT2D eigenvalue weighted by atomic mass is 32.2. The normalized spacial score (nSPS) is 15.3. The van der Waals surface area contributed by atoms with Crippen molar-refractivity contribution in [1.82, 2.24) is 0 Å². The maximum absolute atomic E-state index is 11.0. The van der Waals surface area contributed by atoms with E-state index in [9.17, 15) is 8.42 Å². The van der Waals surface area contributed by atoms with Crippen LogP contribution in [0.25, 0.3) is 0 Å². The molecule has 0 aromatic heterocycles. The molecule has 0 saturated carbocycles. The third-order valence-electron chi connectivity index (χ3n) is 4.69. The lowest BCUT2D eigenvalue weighted by molar-refractivity contribution is 0.483. The van der Waals surface area contributed by atoms with Gasteiger partial charge in [-0.15, -0.1) is 0 Å². The van der Waals surface area contributed by atoms with E-state index in [4.69, 9.17) is 4.55 Å². The highest BCUT2D eigenvalue weighted by molar-refractivity contribution is 7.85. The Kier molecular flexibility index (Phi) is 4.35. The number of rotatable bonds is 3. The summed E-state index contributed by atoms with van der Waals surface area (Å²) in [6.07, 6.45) is 0. The van der Waals surface area contributed by atoms with Gasteiger partial charge in [0, 0.05) is 0 Å². The second kappa shape index (κ2) is 5.03. The SMILES string of the molecule is CC(c1ccc(S(=O)(=O)O)cc1)[Si](C)(C)C(C)(C)C. The molecule has 3 nitrogen and oxygen atoms in total. The van der Waals surface area contributed by atoms with E-state index in [-0.39, 0.29) is 9.93 Å². The first kappa shape index (κ1) is 16.4. The summed E-state index contributed by atoms with van der Waals surface area (Å²) >= 11 is 0. The van der Waals surface area contributed by atoms with Gasteiger partial charge in [0.25, 0.3) is 10.1 Å². The molecule has 1 aromatic carbocycles. The maximum Gasteiger partial charge on any atom is 0.294 e. The molecule has 1 aromatic rings. The summed E-state index contributed by atoms with van der Waals surface area (Å²) in [5.41, 5.74) is 1.56. The van der Waals surface area contributed by atoms with Gasteiger partial charge in [-0.1, -0.05) is 52.9 Å². The van der Waals surface area contributed by atoms with Crippen molar-refractivity contribution in [3.8, 4) is 0 Å². The lowest BCUT2D eigenvalue weighted by atomic mass is 10.2. The standard InChI is InChI=1S/C14H24O3SSi/c1-11(19(5,6)14(2,3)4)12-7-9-13(10-8-12)18(15,16)17/h7-11H,1-6H3,(H,15,16,17). The van der Waals surface area contributed by atoms with E-state index in [1.54, 1.807) is 0 Å². The minimum absolute atomic E-state index is 0.0429. The molecule has 1 unspecified atom stereocenters. The molecule has 0 saturated heterocycles. The second-order valence-electron chi connectivity index (χ2n) is 6.74. The van der Waals surface area contributed by atoms with Crippen molar-refractivity contribution in [2.75, 3.05) is 0 Å². The maximum atomic E-state index is 11.0. The molecule has 0 aliphatic carbocycles. The van der Waals surface area contributed by atoms with E-state index in [2.05, 4.69) is 40.8 Å². The van der Waals surface area contributed by atoms with Crippen molar-refractivity contribution in [3.63, 3.8) is 0 Å².